The van der Waals surface area contributed by atoms with Gasteiger partial charge in [-0.25, -0.2) is 9.18 Å². The topological polar surface area (TPSA) is 60.9 Å². The van der Waals surface area contributed by atoms with Gasteiger partial charge < -0.3 is 14.9 Å². The lowest BCUT2D eigenvalue weighted by Gasteiger charge is -2.23. The SMILES string of the molecule is CC(=O)N(C/C=C/C1C(C)CCN1C(=O)O)c1cc(F)ccc1Br. The van der Waals surface area contributed by atoms with Gasteiger partial charge in [-0.1, -0.05) is 19.1 Å². The maximum atomic E-state index is 13.5. The number of halogens is 2. The number of likely N-dealkylation sites (tertiary alicyclic amines) is 1. The molecule has 1 saturated heterocycles. The number of benzene rings is 1. The lowest BCUT2D eigenvalue weighted by atomic mass is 10.0. The molecule has 1 aromatic carbocycles. The average molecular weight is 399 g/mol. The molecule has 0 bridgehead atoms. The third-order valence-corrected chi connectivity index (χ3v) is 4.88. The van der Waals surface area contributed by atoms with Crippen LogP contribution in [0, 0.1) is 11.7 Å². The number of carboxylic acid groups (broad SMARTS) is 1. The van der Waals surface area contributed by atoms with Gasteiger partial charge >= 0.3 is 6.09 Å². The Bertz CT molecular complexity index is 665. The molecule has 0 aliphatic carbocycles. The van der Waals surface area contributed by atoms with E-state index in [1.54, 1.807) is 12.1 Å². The minimum absolute atomic E-state index is 0.202. The maximum absolute atomic E-state index is 13.5. The zero-order chi connectivity index (χ0) is 17.9. The number of rotatable bonds is 4. The molecule has 1 aliphatic rings. The van der Waals surface area contributed by atoms with Gasteiger partial charge in [0, 0.05) is 24.5 Å². The van der Waals surface area contributed by atoms with Crippen molar-refractivity contribution in [3.8, 4) is 0 Å². The second-order valence-electron chi connectivity index (χ2n) is 5.89. The van der Waals surface area contributed by atoms with Crippen molar-refractivity contribution >= 4 is 33.6 Å². The highest BCUT2D eigenvalue weighted by molar-refractivity contribution is 9.10. The molecule has 1 heterocycles. The van der Waals surface area contributed by atoms with Crippen molar-refractivity contribution < 1.29 is 19.1 Å². The number of carbonyl (C=O) groups excluding carboxylic acids is 1. The normalized spacial score (nSPS) is 20.6. The van der Waals surface area contributed by atoms with Crippen LogP contribution >= 0.6 is 15.9 Å². The van der Waals surface area contributed by atoms with Gasteiger partial charge in [-0.2, -0.15) is 0 Å². The fourth-order valence-corrected chi connectivity index (χ4v) is 3.34. The molecule has 1 fully saturated rings. The molecule has 5 nitrogen and oxygen atoms in total. The van der Waals surface area contributed by atoms with Crippen LogP contribution in [0.25, 0.3) is 0 Å². The minimum Gasteiger partial charge on any atom is -0.465 e. The largest absolute Gasteiger partial charge is 0.465 e. The molecule has 1 aliphatic heterocycles. The predicted octanol–water partition coefficient (Wildman–Crippen LogP) is 3.89. The molecule has 1 aromatic rings. The third kappa shape index (κ3) is 4.14. The van der Waals surface area contributed by atoms with Crippen LogP contribution in [0.4, 0.5) is 14.9 Å². The van der Waals surface area contributed by atoms with Gasteiger partial charge in [0.15, 0.2) is 0 Å². The Morgan fingerprint density at radius 1 is 1.50 bits per heavy atom. The number of amides is 2. The number of anilines is 1. The lowest BCUT2D eigenvalue weighted by molar-refractivity contribution is -0.116. The Morgan fingerprint density at radius 2 is 2.21 bits per heavy atom. The Morgan fingerprint density at radius 3 is 2.83 bits per heavy atom. The second-order valence-corrected chi connectivity index (χ2v) is 6.74. The van der Waals surface area contributed by atoms with Gasteiger partial charge in [0.25, 0.3) is 0 Å². The molecule has 0 aromatic heterocycles. The summed E-state index contributed by atoms with van der Waals surface area (Å²) < 4.78 is 14.1. The number of carbonyl (C=O) groups is 2. The molecule has 2 unspecified atom stereocenters. The molecule has 0 saturated carbocycles. The summed E-state index contributed by atoms with van der Waals surface area (Å²) in [5.74, 6) is -0.422. The van der Waals surface area contributed by atoms with E-state index < -0.39 is 11.9 Å². The van der Waals surface area contributed by atoms with E-state index >= 15 is 0 Å². The molecular weight excluding hydrogens is 379 g/mol. The van der Waals surface area contributed by atoms with Crippen molar-refractivity contribution in [2.75, 3.05) is 18.0 Å². The highest BCUT2D eigenvalue weighted by Gasteiger charge is 2.32. The summed E-state index contributed by atoms with van der Waals surface area (Å²) >= 11 is 3.33. The summed E-state index contributed by atoms with van der Waals surface area (Å²) in [6.45, 7) is 4.17. The lowest BCUT2D eigenvalue weighted by Crippen LogP contribution is -2.35. The van der Waals surface area contributed by atoms with Crippen LogP contribution in [0.3, 0.4) is 0 Å². The van der Waals surface area contributed by atoms with Crippen molar-refractivity contribution in [2.24, 2.45) is 5.92 Å². The van der Waals surface area contributed by atoms with Crippen LogP contribution in [0.1, 0.15) is 20.3 Å². The summed E-state index contributed by atoms with van der Waals surface area (Å²) in [5.41, 5.74) is 0.446. The first kappa shape index (κ1) is 18.4. The maximum Gasteiger partial charge on any atom is 0.407 e. The van der Waals surface area contributed by atoms with Crippen LogP contribution < -0.4 is 4.90 Å². The fraction of sp³-hybridized carbons (Fsp3) is 0.412. The van der Waals surface area contributed by atoms with Crippen molar-refractivity contribution in [1.29, 1.82) is 0 Å². The summed E-state index contributed by atoms with van der Waals surface area (Å²) in [4.78, 5) is 26.0. The monoisotopic (exact) mass is 398 g/mol. The first-order chi connectivity index (χ1) is 11.3. The van der Waals surface area contributed by atoms with Crippen molar-refractivity contribution in [2.45, 2.75) is 26.3 Å². The summed E-state index contributed by atoms with van der Waals surface area (Å²) in [6.07, 6.45) is 3.45. The van der Waals surface area contributed by atoms with Crippen LogP contribution in [0.15, 0.2) is 34.8 Å². The molecular formula is C17H20BrFN2O3. The number of hydrogen-bond acceptors (Lipinski definition) is 2. The number of hydrogen-bond donors (Lipinski definition) is 1. The predicted molar refractivity (Wildman–Crippen MR) is 93.6 cm³/mol. The molecule has 0 radical (unpaired) electrons. The highest BCUT2D eigenvalue weighted by atomic mass is 79.9. The quantitative estimate of drug-likeness (QED) is 0.782. The van der Waals surface area contributed by atoms with Crippen LogP contribution in [-0.4, -0.2) is 41.1 Å². The van der Waals surface area contributed by atoms with E-state index in [4.69, 9.17) is 0 Å². The van der Waals surface area contributed by atoms with Gasteiger partial charge in [0.1, 0.15) is 5.82 Å². The molecule has 2 rings (SSSR count). The molecule has 7 heteroatoms. The Hall–Kier alpha value is -1.89. The molecule has 0 spiro atoms. The highest BCUT2D eigenvalue weighted by Crippen LogP contribution is 2.28. The molecule has 130 valence electrons. The van der Waals surface area contributed by atoms with Gasteiger partial charge in [0.05, 0.1) is 11.7 Å². The van der Waals surface area contributed by atoms with Crippen molar-refractivity contribution in [1.82, 2.24) is 4.90 Å². The van der Waals surface area contributed by atoms with Crippen molar-refractivity contribution in [3.05, 3.63) is 40.6 Å². The van der Waals surface area contributed by atoms with E-state index in [0.717, 1.165) is 6.42 Å². The smallest absolute Gasteiger partial charge is 0.407 e. The standard InChI is InChI=1S/C17H20BrFN2O3/c1-11-7-9-21(17(23)24)15(11)4-3-8-20(12(2)22)16-10-13(19)5-6-14(16)18/h3-6,10-11,15H,7-9H2,1-2H3,(H,23,24)/b4-3+. The molecule has 2 atom stereocenters. The van der Waals surface area contributed by atoms with Gasteiger partial charge in [-0.3, -0.25) is 4.79 Å². The summed E-state index contributed by atoms with van der Waals surface area (Å²) in [5, 5.41) is 9.22. The van der Waals surface area contributed by atoms with Crippen LogP contribution in [0.5, 0.6) is 0 Å². The second kappa shape index (κ2) is 7.79. The average Bonchev–Trinajstić information content (AvgIpc) is 2.87. The summed E-state index contributed by atoms with van der Waals surface area (Å²) in [6, 6.07) is 3.95. The Balaban J connectivity index is 2.16. The molecule has 24 heavy (non-hydrogen) atoms. The number of nitrogens with zero attached hydrogens (tertiary/aromatic N) is 2. The van der Waals surface area contributed by atoms with E-state index in [0.29, 0.717) is 16.7 Å². The fourth-order valence-electron chi connectivity index (χ4n) is 2.88. The van der Waals surface area contributed by atoms with E-state index in [2.05, 4.69) is 15.9 Å². The zero-order valence-electron chi connectivity index (χ0n) is 13.6. The molecule has 1 N–H and O–H groups in total. The third-order valence-electron chi connectivity index (χ3n) is 4.21. The van der Waals surface area contributed by atoms with Gasteiger partial charge in [-0.15, -0.1) is 0 Å². The first-order valence-electron chi connectivity index (χ1n) is 7.70. The van der Waals surface area contributed by atoms with Crippen LogP contribution in [-0.2, 0) is 4.79 Å². The Kier molecular flexibility index (Phi) is 5.99. The van der Waals surface area contributed by atoms with Gasteiger partial charge in [0.2, 0.25) is 5.91 Å². The van der Waals surface area contributed by atoms with Gasteiger partial charge in [-0.05, 0) is 46.5 Å². The Labute approximate surface area is 148 Å². The van der Waals surface area contributed by atoms with E-state index in [1.807, 2.05) is 13.0 Å². The summed E-state index contributed by atoms with van der Waals surface area (Å²) in [7, 11) is 0. The van der Waals surface area contributed by atoms with E-state index in [-0.39, 0.29) is 24.4 Å². The van der Waals surface area contributed by atoms with Crippen molar-refractivity contribution in [3.63, 3.8) is 0 Å². The van der Waals surface area contributed by atoms with E-state index in [9.17, 15) is 19.1 Å². The minimum atomic E-state index is -0.940. The van der Waals surface area contributed by atoms with E-state index in [1.165, 1.54) is 28.9 Å². The first-order valence-corrected chi connectivity index (χ1v) is 8.50. The van der Waals surface area contributed by atoms with Crippen LogP contribution in [0.2, 0.25) is 0 Å². The molecule has 2 amide bonds. The zero-order valence-corrected chi connectivity index (χ0v) is 15.2.